The number of rotatable bonds is 5. The first-order chi connectivity index (χ1) is 10.3. The number of nitrogens with zero attached hydrogens (tertiary/aromatic N) is 2. The van der Waals surface area contributed by atoms with Gasteiger partial charge in [-0.25, -0.2) is 4.79 Å². The maximum Gasteiger partial charge on any atom is 0.401 e. The van der Waals surface area contributed by atoms with E-state index in [4.69, 9.17) is 4.74 Å². The van der Waals surface area contributed by atoms with E-state index < -0.39 is 12.7 Å². The lowest BCUT2D eigenvalue weighted by molar-refractivity contribution is -0.153. The molecule has 0 spiro atoms. The summed E-state index contributed by atoms with van der Waals surface area (Å²) in [6.45, 7) is 2.14. The van der Waals surface area contributed by atoms with Crippen LogP contribution in [0.25, 0.3) is 0 Å². The molecule has 22 heavy (non-hydrogen) atoms. The Labute approximate surface area is 128 Å². The lowest BCUT2D eigenvalue weighted by atomic mass is 10.2. The van der Waals surface area contributed by atoms with Gasteiger partial charge < -0.3 is 15.0 Å². The molecule has 1 saturated carbocycles. The molecule has 0 bridgehead atoms. The van der Waals surface area contributed by atoms with Crippen molar-refractivity contribution in [3.63, 3.8) is 0 Å². The van der Waals surface area contributed by atoms with Gasteiger partial charge in [-0.1, -0.05) is 0 Å². The third kappa shape index (κ3) is 5.01. The monoisotopic (exact) mass is 323 g/mol. The van der Waals surface area contributed by atoms with Crippen LogP contribution < -0.4 is 5.32 Å². The Kier molecular flexibility index (Phi) is 5.55. The fourth-order valence-corrected chi connectivity index (χ4v) is 2.87. The van der Waals surface area contributed by atoms with E-state index in [-0.39, 0.29) is 24.7 Å². The normalized spacial score (nSPS) is 25.1. The summed E-state index contributed by atoms with van der Waals surface area (Å²) in [7, 11) is 1.60. The standard InChI is InChI=1S/C14H24F3N3O2/c1-10-7-19(5-6-20(10)9-14(15,16)17)13(21)18-12(8-22-2)11-3-4-11/h10-12H,3-9H2,1-2H3,(H,18,21)/t10-,12+/m0/s1. The third-order valence-electron chi connectivity index (χ3n) is 4.28. The van der Waals surface area contributed by atoms with Crippen LogP contribution in [0.5, 0.6) is 0 Å². The third-order valence-corrected chi connectivity index (χ3v) is 4.28. The molecule has 0 aromatic carbocycles. The predicted octanol–water partition coefficient (Wildman–Crippen LogP) is 1.69. The van der Waals surface area contributed by atoms with Crippen molar-refractivity contribution in [1.29, 1.82) is 0 Å². The van der Waals surface area contributed by atoms with Gasteiger partial charge in [0.05, 0.1) is 19.2 Å². The molecule has 1 aliphatic heterocycles. The zero-order chi connectivity index (χ0) is 16.3. The van der Waals surface area contributed by atoms with Crippen LogP contribution >= 0.6 is 0 Å². The van der Waals surface area contributed by atoms with Gasteiger partial charge >= 0.3 is 12.2 Å². The summed E-state index contributed by atoms with van der Waals surface area (Å²) in [6.07, 6.45) is -2.03. The van der Waals surface area contributed by atoms with Crippen LogP contribution in [0.4, 0.5) is 18.0 Å². The molecule has 1 aliphatic carbocycles. The van der Waals surface area contributed by atoms with Gasteiger partial charge in [0.1, 0.15) is 0 Å². The number of piperazine rings is 1. The number of methoxy groups -OCH3 is 1. The maximum absolute atomic E-state index is 12.5. The molecular formula is C14H24F3N3O2. The molecule has 128 valence electrons. The van der Waals surface area contributed by atoms with E-state index in [0.29, 0.717) is 25.6 Å². The van der Waals surface area contributed by atoms with Gasteiger partial charge in [0.25, 0.3) is 0 Å². The van der Waals surface area contributed by atoms with Crippen LogP contribution in [0, 0.1) is 5.92 Å². The van der Waals surface area contributed by atoms with Gasteiger partial charge in [-0.15, -0.1) is 0 Å². The zero-order valence-electron chi connectivity index (χ0n) is 13.0. The fourth-order valence-electron chi connectivity index (χ4n) is 2.87. The predicted molar refractivity (Wildman–Crippen MR) is 75.6 cm³/mol. The summed E-state index contributed by atoms with van der Waals surface area (Å²) in [5.41, 5.74) is 0. The van der Waals surface area contributed by atoms with Crippen molar-refractivity contribution in [1.82, 2.24) is 15.1 Å². The average Bonchev–Trinajstić information content (AvgIpc) is 3.23. The Hall–Kier alpha value is -1.02. The number of nitrogens with one attached hydrogen (secondary N) is 1. The molecule has 5 nitrogen and oxygen atoms in total. The number of carbonyl (C=O) groups excluding carboxylic acids is 1. The van der Waals surface area contributed by atoms with Crippen LogP contribution in [0.3, 0.4) is 0 Å². The Morgan fingerprint density at radius 3 is 2.55 bits per heavy atom. The quantitative estimate of drug-likeness (QED) is 0.837. The van der Waals surface area contributed by atoms with Crippen molar-refractivity contribution in [2.24, 2.45) is 5.92 Å². The molecule has 1 N–H and O–H groups in total. The Balaban J connectivity index is 1.82. The van der Waals surface area contributed by atoms with E-state index in [9.17, 15) is 18.0 Å². The second-order valence-electron chi connectivity index (χ2n) is 6.23. The second-order valence-corrected chi connectivity index (χ2v) is 6.23. The van der Waals surface area contributed by atoms with Crippen LogP contribution in [0.15, 0.2) is 0 Å². The minimum atomic E-state index is -4.20. The average molecular weight is 323 g/mol. The number of carbonyl (C=O) groups is 1. The number of urea groups is 1. The molecule has 0 radical (unpaired) electrons. The van der Waals surface area contributed by atoms with Crippen LogP contribution in [-0.2, 0) is 4.74 Å². The van der Waals surface area contributed by atoms with Crippen molar-refractivity contribution in [3.05, 3.63) is 0 Å². The van der Waals surface area contributed by atoms with E-state index in [1.807, 2.05) is 0 Å². The maximum atomic E-state index is 12.5. The molecule has 1 saturated heterocycles. The van der Waals surface area contributed by atoms with Gasteiger partial charge in [-0.3, -0.25) is 4.90 Å². The van der Waals surface area contributed by atoms with E-state index in [1.165, 1.54) is 4.90 Å². The van der Waals surface area contributed by atoms with Crippen molar-refractivity contribution >= 4 is 6.03 Å². The first-order valence-corrected chi connectivity index (χ1v) is 7.65. The van der Waals surface area contributed by atoms with Crippen molar-refractivity contribution in [2.45, 2.75) is 38.0 Å². The lowest BCUT2D eigenvalue weighted by Crippen LogP contribution is -2.58. The highest BCUT2D eigenvalue weighted by atomic mass is 19.4. The summed E-state index contributed by atoms with van der Waals surface area (Å²) < 4.78 is 42.5. The van der Waals surface area contributed by atoms with Crippen molar-refractivity contribution in [2.75, 3.05) is 39.9 Å². The van der Waals surface area contributed by atoms with Gasteiger partial charge in [-0.05, 0) is 25.7 Å². The number of alkyl halides is 3. The van der Waals surface area contributed by atoms with Gasteiger partial charge in [0.2, 0.25) is 0 Å². The molecule has 0 aromatic heterocycles. The summed E-state index contributed by atoms with van der Waals surface area (Å²) in [5.74, 6) is 0.466. The van der Waals surface area contributed by atoms with Gasteiger partial charge in [-0.2, -0.15) is 13.2 Å². The molecule has 2 aliphatic rings. The molecule has 2 rings (SSSR count). The number of ether oxygens (including phenoxy) is 1. The number of amides is 2. The lowest BCUT2D eigenvalue weighted by Gasteiger charge is -2.40. The SMILES string of the molecule is COC[C@@H](NC(=O)N1CCN(CC(F)(F)F)[C@@H](C)C1)C1CC1. The highest BCUT2D eigenvalue weighted by Gasteiger charge is 2.37. The molecule has 0 unspecified atom stereocenters. The first-order valence-electron chi connectivity index (χ1n) is 7.65. The molecule has 1 heterocycles. The van der Waals surface area contributed by atoms with Gasteiger partial charge in [0, 0.05) is 32.8 Å². The Bertz CT molecular complexity index is 388. The Morgan fingerprint density at radius 1 is 1.36 bits per heavy atom. The largest absolute Gasteiger partial charge is 0.401 e. The summed E-state index contributed by atoms with van der Waals surface area (Å²) in [6, 6.07) is -0.503. The fraction of sp³-hybridized carbons (Fsp3) is 0.929. The second kappa shape index (κ2) is 7.04. The number of halogens is 3. The summed E-state index contributed by atoms with van der Waals surface area (Å²) in [5, 5.41) is 2.95. The van der Waals surface area contributed by atoms with Crippen LogP contribution in [0.2, 0.25) is 0 Å². The molecule has 2 amide bonds. The van der Waals surface area contributed by atoms with Gasteiger partial charge in [0.15, 0.2) is 0 Å². The number of hydrogen-bond donors (Lipinski definition) is 1. The minimum Gasteiger partial charge on any atom is -0.383 e. The summed E-state index contributed by atoms with van der Waals surface area (Å²) >= 11 is 0. The molecule has 8 heteroatoms. The van der Waals surface area contributed by atoms with Crippen molar-refractivity contribution < 1.29 is 22.7 Å². The first kappa shape index (κ1) is 17.3. The molecule has 0 aromatic rings. The topological polar surface area (TPSA) is 44.8 Å². The molecular weight excluding hydrogens is 299 g/mol. The van der Waals surface area contributed by atoms with E-state index in [2.05, 4.69) is 5.32 Å². The summed E-state index contributed by atoms with van der Waals surface area (Å²) in [4.78, 5) is 15.2. The molecule has 2 fully saturated rings. The highest BCUT2D eigenvalue weighted by molar-refractivity contribution is 5.74. The minimum absolute atomic E-state index is 0.000936. The Morgan fingerprint density at radius 2 is 2.05 bits per heavy atom. The van der Waals surface area contributed by atoms with E-state index in [1.54, 1.807) is 18.9 Å². The smallest absolute Gasteiger partial charge is 0.383 e. The highest BCUT2D eigenvalue weighted by Crippen LogP contribution is 2.32. The van der Waals surface area contributed by atoms with E-state index in [0.717, 1.165) is 12.8 Å². The van der Waals surface area contributed by atoms with E-state index >= 15 is 0 Å². The zero-order valence-corrected chi connectivity index (χ0v) is 13.0. The van der Waals surface area contributed by atoms with Crippen molar-refractivity contribution in [3.8, 4) is 0 Å². The van der Waals surface area contributed by atoms with Crippen LogP contribution in [-0.4, -0.2) is 74.0 Å². The molecule has 2 atom stereocenters. The number of hydrogen-bond acceptors (Lipinski definition) is 3. The van der Waals surface area contributed by atoms with Crippen LogP contribution in [0.1, 0.15) is 19.8 Å².